The van der Waals surface area contributed by atoms with Crippen LogP contribution in [-0.4, -0.2) is 47.8 Å². The summed E-state index contributed by atoms with van der Waals surface area (Å²) in [5, 5.41) is 3.05. The lowest BCUT2D eigenvalue weighted by molar-refractivity contribution is -0.137. The molecule has 0 saturated carbocycles. The largest absolute Gasteiger partial charge is 0.416 e. The van der Waals surface area contributed by atoms with E-state index < -0.39 is 17.6 Å². The molecule has 2 aromatic carbocycles. The van der Waals surface area contributed by atoms with Gasteiger partial charge in [-0.1, -0.05) is 30.0 Å². The summed E-state index contributed by atoms with van der Waals surface area (Å²) in [5.41, 5.74) is -0.169. The zero-order chi connectivity index (χ0) is 24.1. The number of piperazine rings is 1. The Balaban J connectivity index is 1.31. The molecule has 0 aliphatic carbocycles. The molecule has 0 atom stereocenters. The number of halogens is 4. The van der Waals surface area contributed by atoms with Crippen LogP contribution in [0.3, 0.4) is 0 Å². The van der Waals surface area contributed by atoms with Crippen molar-refractivity contribution in [3.8, 4) is 0 Å². The summed E-state index contributed by atoms with van der Waals surface area (Å²) in [6, 6.07) is 12.9. The van der Waals surface area contributed by atoms with Crippen molar-refractivity contribution in [1.29, 1.82) is 0 Å². The molecule has 1 aromatic heterocycles. The minimum absolute atomic E-state index is 0.0201. The Morgan fingerprint density at radius 2 is 1.71 bits per heavy atom. The molecule has 1 amide bonds. The molecule has 4 rings (SSSR count). The third-order valence-electron chi connectivity index (χ3n) is 5.25. The molecular weight excluding hydrogens is 470 g/mol. The van der Waals surface area contributed by atoms with Gasteiger partial charge in [-0.2, -0.15) is 13.2 Å². The fourth-order valence-corrected chi connectivity index (χ4v) is 4.24. The highest BCUT2D eigenvalue weighted by atomic mass is 32.2. The quantitative estimate of drug-likeness (QED) is 0.307. The van der Waals surface area contributed by atoms with E-state index in [1.807, 2.05) is 11.0 Å². The van der Waals surface area contributed by atoms with Crippen molar-refractivity contribution in [2.24, 2.45) is 0 Å². The number of rotatable bonds is 6. The number of para-hydroxylation sites is 1. The summed E-state index contributed by atoms with van der Waals surface area (Å²) >= 11 is 1.16. The monoisotopic (exact) mass is 491 g/mol. The van der Waals surface area contributed by atoms with E-state index in [2.05, 4.69) is 20.2 Å². The molecule has 1 saturated heterocycles. The topological polar surface area (TPSA) is 61.4 Å². The van der Waals surface area contributed by atoms with Crippen LogP contribution in [0.4, 0.5) is 34.8 Å². The van der Waals surface area contributed by atoms with Crippen LogP contribution in [0.25, 0.3) is 0 Å². The zero-order valence-corrected chi connectivity index (χ0v) is 18.7. The van der Waals surface area contributed by atoms with E-state index in [9.17, 15) is 22.4 Å². The minimum atomic E-state index is -4.48. The number of carbonyl (C=O) groups excluding carboxylic acids is 1. The van der Waals surface area contributed by atoms with Crippen LogP contribution in [0.1, 0.15) is 5.56 Å². The second kappa shape index (κ2) is 10.3. The van der Waals surface area contributed by atoms with Gasteiger partial charge in [0.15, 0.2) is 0 Å². The molecule has 2 heterocycles. The summed E-state index contributed by atoms with van der Waals surface area (Å²) in [6.07, 6.45) is -3.07. The number of anilines is 3. The number of amides is 1. The Morgan fingerprint density at radius 1 is 0.971 bits per heavy atom. The summed E-state index contributed by atoms with van der Waals surface area (Å²) in [6.45, 7) is 2.55. The van der Waals surface area contributed by atoms with Crippen LogP contribution < -0.4 is 15.1 Å². The van der Waals surface area contributed by atoms with Gasteiger partial charge >= 0.3 is 6.18 Å². The van der Waals surface area contributed by atoms with Gasteiger partial charge in [0.1, 0.15) is 23.0 Å². The van der Waals surface area contributed by atoms with E-state index in [0.717, 1.165) is 23.9 Å². The van der Waals surface area contributed by atoms with E-state index in [1.165, 1.54) is 24.5 Å². The van der Waals surface area contributed by atoms with Crippen molar-refractivity contribution < 1.29 is 22.4 Å². The van der Waals surface area contributed by atoms with Gasteiger partial charge in [-0.25, -0.2) is 14.4 Å². The predicted molar refractivity (Wildman–Crippen MR) is 124 cm³/mol. The first kappa shape index (κ1) is 23.8. The molecule has 1 N–H and O–H groups in total. The first-order valence-electron chi connectivity index (χ1n) is 10.5. The van der Waals surface area contributed by atoms with Gasteiger partial charge in [-0.3, -0.25) is 4.79 Å². The number of hydrogen-bond donors (Lipinski definition) is 1. The normalized spacial score (nSPS) is 14.2. The molecule has 0 radical (unpaired) electrons. The fourth-order valence-electron chi connectivity index (χ4n) is 3.58. The van der Waals surface area contributed by atoms with Gasteiger partial charge in [-0.05, 0) is 30.3 Å². The van der Waals surface area contributed by atoms with Crippen molar-refractivity contribution in [3.63, 3.8) is 0 Å². The Morgan fingerprint density at radius 3 is 2.44 bits per heavy atom. The molecule has 178 valence electrons. The standard InChI is InChI=1S/C23H21F4N5OS/c24-18-6-1-2-7-19(18)31-8-10-32(11-9-31)20-13-22(29-15-28-20)34-14-21(33)30-17-5-3-4-16(12-17)23(25,26)27/h1-7,12-13,15H,8-11,14H2,(H,30,33). The number of aromatic nitrogens is 2. The maximum absolute atomic E-state index is 14.0. The highest BCUT2D eigenvalue weighted by Crippen LogP contribution is 2.31. The second-order valence-electron chi connectivity index (χ2n) is 7.56. The van der Waals surface area contributed by atoms with Gasteiger partial charge < -0.3 is 15.1 Å². The average Bonchev–Trinajstić information content (AvgIpc) is 2.83. The predicted octanol–water partition coefficient (Wildman–Crippen LogP) is 4.69. The number of nitrogens with zero attached hydrogens (tertiary/aromatic N) is 4. The Bertz CT molecular complexity index is 1150. The number of thioether (sulfide) groups is 1. The van der Waals surface area contributed by atoms with E-state index in [0.29, 0.717) is 42.7 Å². The lowest BCUT2D eigenvalue weighted by atomic mass is 10.2. The van der Waals surface area contributed by atoms with Gasteiger partial charge in [-0.15, -0.1) is 0 Å². The molecular formula is C23H21F4N5OS. The number of hydrogen-bond acceptors (Lipinski definition) is 6. The van der Waals surface area contributed by atoms with Crippen molar-refractivity contribution >= 4 is 34.9 Å². The third kappa shape index (κ3) is 5.96. The van der Waals surface area contributed by atoms with Gasteiger partial charge in [0, 0.05) is 37.9 Å². The molecule has 1 fully saturated rings. The molecule has 0 spiro atoms. The minimum Gasteiger partial charge on any atom is -0.366 e. The Kier molecular flexibility index (Phi) is 7.20. The lowest BCUT2D eigenvalue weighted by Crippen LogP contribution is -2.47. The lowest BCUT2D eigenvalue weighted by Gasteiger charge is -2.36. The first-order chi connectivity index (χ1) is 16.3. The summed E-state index contributed by atoms with van der Waals surface area (Å²) in [7, 11) is 0. The zero-order valence-electron chi connectivity index (χ0n) is 17.9. The van der Waals surface area contributed by atoms with Gasteiger partial charge in [0.25, 0.3) is 0 Å². The maximum Gasteiger partial charge on any atom is 0.416 e. The van der Waals surface area contributed by atoms with Gasteiger partial charge in [0.2, 0.25) is 5.91 Å². The van der Waals surface area contributed by atoms with E-state index in [1.54, 1.807) is 18.2 Å². The van der Waals surface area contributed by atoms with E-state index >= 15 is 0 Å². The summed E-state index contributed by atoms with van der Waals surface area (Å²) < 4.78 is 52.6. The number of carbonyl (C=O) groups is 1. The molecule has 6 nitrogen and oxygen atoms in total. The van der Waals surface area contributed by atoms with Gasteiger partial charge in [0.05, 0.1) is 17.0 Å². The summed E-state index contributed by atoms with van der Waals surface area (Å²) in [4.78, 5) is 24.8. The molecule has 1 aliphatic rings. The number of benzene rings is 2. The van der Waals surface area contributed by atoms with Crippen molar-refractivity contribution in [2.45, 2.75) is 11.2 Å². The van der Waals surface area contributed by atoms with E-state index in [4.69, 9.17) is 0 Å². The molecule has 0 bridgehead atoms. The van der Waals surface area contributed by atoms with Crippen molar-refractivity contribution in [2.75, 3.05) is 47.0 Å². The molecule has 0 unspecified atom stereocenters. The Hall–Kier alpha value is -3.34. The van der Waals surface area contributed by atoms with Crippen LogP contribution in [0.2, 0.25) is 0 Å². The van der Waals surface area contributed by atoms with Crippen LogP contribution in [0.5, 0.6) is 0 Å². The number of nitrogens with one attached hydrogen (secondary N) is 1. The number of alkyl halides is 3. The smallest absolute Gasteiger partial charge is 0.366 e. The van der Waals surface area contributed by atoms with E-state index in [-0.39, 0.29) is 17.3 Å². The first-order valence-corrected chi connectivity index (χ1v) is 11.4. The molecule has 1 aliphatic heterocycles. The Labute approximate surface area is 198 Å². The second-order valence-corrected chi connectivity index (χ2v) is 8.55. The van der Waals surface area contributed by atoms with Crippen LogP contribution in [0.15, 0.2) is 66.0 Å². The average molecular weight is 492 g/mol. The highest BCUT2D eigenvalue weighted by molar-refractivity contribution is 7.99. The third-order valence-corrected chi connectivity index (χ3v) is 6.17. The molecule has 11 heteroatoms. The highest BCUT2D eigenvalue weighted by Gasteiger charge is 2.30. The van der Waals surface area contributed by atoms with Crippen LogP contribution >= 0.6 is 11.8 Å². The summed E-state index contributed by atoms with van der Waals surface area (Å²) in [5.74, 6) is -0.0136. The SMILES string of the molecule is O=C(CSc1cc(N2CCN(c3ccccc3F)CC2)ncn1)Nc1cccc(C(F)(F)F)c1. The molecule has 34 heavy (non-hydrogen) atoms. The van der Waals surface area contributed by atoms with Crippen molar-refractivity contribution in [1.82, 2.24) is 9.97 Å². The maximum atomic E-state index is 14.0. The van der Waals surface area contributed by atoms with Crippen molar-refractivity contribution in [3.05, 3.63) is 72.3 Å². The molecule has 3 aromatic rings. The fraction of sp³-hybridized carbons (Fsp3) is 0.261. The van der Waals surface area contributed by atoms with Crippen LogP contribution in [0, 0.1) is 5.82 Å². The van der Waals surface area contributed by atoms with Crippen LogP contribution in [-0.2, 0) is 11.0 Å².